The second-order valence-corrected chi connectivity index (χ2v) is 6.77. The second kappa shape index (κ2) is 9.40. The molecule has 8 nitrogen and oxygen atoms in total. The molecule has 0 bridgehead atoms. The molecule has 1 N–H and O–H groups in total. The molecule has 1 heterocycles. The van der Waals surface area contributed by atoms with Gasteiger partial charge in [0.05, 0.1) is 40.7 Å². The maximum absolute atomic E-state index is 12.2. The van der Waals surface area contributed by atoms with Gasteiger partial charge in [0.15, 0.2) is 0 Å². The summed E-state index contributed by atoms with van der Waals surface area (Å²) < 4.78 is 7.05. The van der Waals surface area contributed by atoms with Crippen molar-refractivity contribution in [1.82, 2.24) is 9.78 Å². The largest absolute Gasteiger partial charge is 0.493 e. The smallest absolute Gasteiger partial charge is 0.269 e. The SMILES string of the molecule is O=C(CCOc1ccc([N+](=O)[O-])cc1)Nc1ccnn1Cc1cccc(Cl)c1Cl. The molecule has 0 aliphatic rings. The number of nitrogens with zero attached hydrogens (tertiary/aromatic N) is 3. The molecule has 0 spiro atoms. The monoisotopic (exact) mass is 434 g/mol. The Kier molecular flexibility index (Phi) is 6.69. The Labute approximate surface area is 176 Å². The summed E-state index contributed by atoms with van der Waals surface area (Å²) in [7, 11) is 0. The number of carbonyl (C=O) groups is 1. The molecule has 0 fully saturated rings. The fourth-order valence-electron chi connectivity index (χ4n) is 2.53. The number of nitro groups is 1. The summed E-state index contributed by atoms with van der Waals surface area (Å²) in [5.74, 6) is 0.705. The number of anilines is 1. The lowest BCUT2D eigenvalue weighted by molar-refractivity contribution is -0.384. The van der Waals surface area contributed by atoms with Crippen LogP contribution >= 0.6 is 23.2 Å². The zero-order valence-electron chi connectivity index (χ0n) is 15.0. The van der Waals surface area contributed by atoms with E-state index in [1.807, 2.05) is 6.07 Å². The lowest BCUT2D eigenvalue weighted by atomic mass is 10.2. The van der Waals surface area contributed by atoms with Crippen LogP contribution in [0, 0.1) is 10.1 Å². The Morgan fingerprint density at radius 3 is 2.66 bits per heavy atom. The van der Waals surface area contributed by atoms with Crippen molar-refractivity contribution in [3.05, 3.63) is 80.5 Å². The predicted molar refractivity (Wildman–Crippen MR) is 110 cm³/mol. The van der Waals surface area contributed by atoms with Crippen molar-refractivity contribution in [2.24, 2.45) is 0 Å². The molecule has 150 valence electrons. The Morgan fingerprint density at radius 2 is 1.93 bits per heavy atom. The number of hydrogen-bond acceptors (Lipinski definition) is 5. The minimum absolute atomic E-state index is 0.0248. The van der Waals surface area contributed by atoms with Gasteiger partial charge in [-0.3, -0.25) is 14.9 Å². The molecule has 0 saturated heterocycles. The molecule has 0 unspecified atom stereocenters. The van der Waals surface area contributed by atoms with E-state index in [-0.39, 0.29) is 24.6 Å². The molecule has 0 aliphatic carbocycles. The fraction of sp³-hybridized carbons (Fsp3) is 0.158. The summed E-state index contributed by atoms with van der Waals surface area (Å²) in [5.41, 5.74) is 0.753. The van der Waals surface area contributed by atoms with E-state index in [9.17, 15) is 14.9 Å². The highest BCUT2D eigenvalue weighted by atomic mass is 35.5. The number of ether oxygens (including phenoxy) is 1. The van der Waals surface area contributed by atoms with Crippen LogP contribution in [0.5, 0.6) is 5.75 Å². The molecule has 0 atom stereocenters. The van der Waals surface area contributed by atoms with Gasteiger partial charge in [-0.1, -0.05) is 35.3 Å². The summed E-state index contributed by atoms with van der Waals surface area (Å²) in [6, 6.07) is 12.7. The average Bonchev–Trinajstić information content (AvgIpc) is 3.12. The molecule has 0 radical (unpaired) electrons. The molecular formula is C19H16Cl2N4O4. The number of nitro benzene ring substituents is 1. The van der Waals surface area contributed by atoms with Gasteiger partial charge in [0.2, 0.25) is 5.91 Å². The standard InChI is InChI=1S/C19H16Cl2N4O4/c20-16-3-1-2-13(19(16)21)12-24-17(8-10-22-24)23-18(26)9-11-29-15-6-4-14(5-7-15)25(27)28/h1-8,10H,9,11-12H2,(H,23,26). The molecule has 3 rings (SSSR count). The van der Waals surface area contributed by atoms with Gasteiger partial charge >= 0.3 is 0 Å². The van der Waals surface area contributed by atoms with Crippen LogP contribution in [0.3, 0.4) is 0 Å². The van der Waals surface area contributed by atoms with Crippen molar-refractivity contribution >= 4 is 40.6 Å². The molecule has 1 aromatic heterocycles. The first-order chi connectivity index (χ1) is 13.9. The van der Waals surface area contributed by atoms with Crippen LogP contribution in [-0.4, -0.2) is 27.2 Å². The molecule has 0 saturated carbocycles. The van der Waals surface area contributed by atoms with Crippen LogP contribution in [0.15, 0.2) is 54.7 Å². The number of rotatable bonds is 8. The van der Waals surface area contributed by atoms with Gasteiger partial charge in [0.1, 0.15) is 11.6 Å². The van der Waals surface area contributed by atoms with Crippen molar-refractivity contribution in [2.75, 3.05) is 11.9 Å². The lowest BCUT2D eigenvalue weighted by Crippen LogP contribution is -2.18. The fourth-order valence-corrected chi connectivity index (χ4v) is 2.91. The third kappa shape index (κ3) is 5.46. The number of amides is 1. The minimum atomic E-state index is -0.489. The molecular weight excluding hydrogens is 419 g/mol. The minimum Gasteiger partial charge on any atom is -0.493 e. The van der Waals surface area contributed by atoms with Crippen LogP contribution in [0.1, 0.15) is 12.0 Å². The molecule has 10 heteroatoms. The van der Waals surface area contributed by atoms with Crippen molar-refractivity contribution in [3.63, 3.8) is 0 Å². The Morgan fingerprint density at radius 1 is 1.17 bits per heavy atom. The lowest BCUT2D eigenvalue weighted by Gasteiger charge is -2.11. The van der Waals surface area contributed by atoms with E-state index in [0.29, 0.717) is 28.2 Å². The van der Waals surface area contributed by atoms with Crippen molar-refractivity contribution in [2.45, 2.75) is 13.0 Å². The molecule has 3 aromatic rings. The number of non-ortho nitro benzene ring substituents is 1. The zero-order chi connectivity index (χ0) is 20.8. The van der Waals surface area contributed by atoms with Gasteiger partial charge in [0, 0.05) is 18.2 Å². The van der Waals surface area contributed by atoms with Gasteiger partial charge in [-0.2, -0.15) is 5.10 Å². The topological polar surface area (TPSA) is 99.3 Å². The van der Waals surface area contributed by atoms with Gasteiger partial charge < -0.3 is 10.1 Å². The number of aromatic nitrogens is 2. The van der Waals surface area contributed by atoms with E-state index >= 15 is 0 Å². The zero-order valence-corrected chi connectivity index (χ0v) is 16.6. The molecule has 0 aliphatic heterocycles. The Bertz CT molecular complexity index is 1020. The summed E-state index contributed by atoms with van der Waals surface area (Å²) in [4.78, 5) is 22.3. The van der Waals surface area contributed by atoms with E-state index in [1.54, 1.807) is 29.1 Å². The van der Waals surface area contributed by atoms with Crippen LogP contribution in [-0.2, 0) is 11.3 Å². The van der Waals surface area contributed by atoms with E-state index in [2.05, 4.69) is 10.4 Å². The van der Waals surface area contributed by atoms with Crippen LogP contribution in [0.25, 0.3) is 0 Å². The normalized spacial score (nSPS) is 10.6. The van der Waals surface area contributed by atoms with Gasteiger partial charge in [-0.15, -0.1) is 0 Å². The number of hydrogen-bond donors (Lipinski definition) is 1. The quantitative estimate of drug-likeness (QED) is 0.413. The third-order valence-electron chi connectivity index (χ3n) is 3.98. The van der Waals surface area contributed by atoms with Crippen molar-refractivity contribution in [1.29, 1.82) is 0 Å². The van der Waals surface area contributed by atoms with Crippen LogP contribution in [0.2, 0.25) is 10.0 Å². The van der Waals surface area contributed by atoms with E-state index in [0.717, 1.165) is 5.56 Å². The molecule has 2 aromatic carbocycles. The predicted octanol–water partition coefficient (Wildman–Crippen LogP) is 4.55. The highest BCUT2D eigenvalue weighted by Crippen LogP contribution is 2.26. The molecule has 29 heavy (non-hydrogen) atoms. The maximum atomic E-state index is 12.2. The first-order valence-electron chi connectivity index (χ1n) is 8.56. The van der Waals surface area contributed by atoms with E-state index in [4.69, 9.17) is 27.9 Å². The summed E-state index contributed by atoms with van der Waals surface area (Å²) >= 11 is 12.2. The number of halogens is 2. The van der Waals surface area contributed by atoms with E-state index < -0.39 is 4.92 Å². The first kappa shape index (κ1) is 20.6. The Hall–Kier alpha value is -3.10. The summed E-state index contributed by atoms with van der Waals surface area (Å²) in [5, 5.41) is 18.5. The van der Waals surface area contributed by atoms with Crippen LogP contribution in [0.4, 0.5) is 11.5 Å². The number of carbonyl (C=O) groups excluding carboxylic acids is 1. The number of benzene rings is 2. The summed E-state index contributed by atoms with van der Waals surface area (Å²) in [6.45, 7) is 0.471. The van der Waals surface area contributed by atoms with Crippen LogP contribution < -0.4 is 10.1 Å². The maximum Gasteiger partial charge on any atom is 0.269 e. The molecule has 1 amide bonds. The van der Waals surface area contributed by atoms with Gasteiger partial charge in [0.25, 0.3) is 5.69 Å². The third-order valence-corrected chi connectivity index (χ3v) is 4.84. The van der Waals surface area contributed by atoms with E-state index in [1.165, 1.54) is 24.3 Å². The average molecular weight is 435 g/mol. The number of nitrogens with one attached hydrogen (secondary N) is 1. The first-order valence-corrected chi connectivity index (χ1v) is 9.31. The second-order valence-electron chi connectivity index (χ2n) is 5.98. The highest BCUT2D eigenvalue weighted by molar-refractivity contribution is 6.42. The Balaban J connectivity index is 1.53. The van der Waals surface area contributed by atoms with Crippen molar-refractivity contribution in [3.8, 4) is 5.75 Å². The highest BCUT2D eigenvalue weighted by Gasteiger charge is 2.11. The van der Waals surface area contributed by atoms with Gasteiger partial charge in [-0.25, -0.2) is 4.68 Å². The van der Waals surface area contributed by atoms with Crippen molar-refractivity contribution < 1.29 is 14.5 Å². The van der Waals surface area contributed by atoms with Gasteiger partial charge in [-0.05, 0) is 23.8 Å². The summed E-state index contributed by atoms with van der Waals surface area (Å²) in [6.07, 6.45) is 1.67.